The molecule has 414 valence electrons. The molecule has 0 spiro atoms. The Balaban J connectivity index is 0.000000170. The lowest BCUT2D eigenvalue weighted by atomic mass is 10.0. The molecule has 12 heteroatoms. The predicted octanol–water partition coefficient (Wildman–Crippen LogP) is 9.28. The van der Waals surface area contributed by atoms with Crippen molar-refractivity contribution in [3.05, 3.63) is 215 Å². The van der Waals surface area contributed by atoms with Crippen molar-refractivity contribution in [2.45, 2.75) is 56.8 Å². The Bertz CT molecular complexity index is 2460. The third-order valence-electron chi connectivity index (χ3n) is 13.8. The number of nitrogens with zero attached hydrogens (tertiary/aromatic N) is 3. The molecule has 3 atom stereocenters. The number of β-amino-alcohol motifs (C(OH)–C–C–N with tert-alkyl or cyclic N) is 3. The second-order valence-corrected chi connectivity index (χ2v) is 19.8. The smallest absolute Gasteiger partial charge is 0.122 e. The highest BCUT2D eigenvalue weighted by atomic mass is 16.5. The van der Waals surface area contributed by atoms with Crippen LogP contribution in [0.25, 0.3) is 0 Å². The summed E-state index contributed by atoms with van der Waals surface area (Å²) in [4.78, 5) is 6.59. The van der Waals surface area contributed by atoms with Crippen molar-refractivity contribution >= 4 is 0 Å². The quantitative estimate of drug-likeness (QED) is 0.0426. The third kappa shape index (κ3) is 20.5. The zero-order valence-corrected chi connectivity index (χ0v) is 45.9. The Hall–Kier alpha value is -6.90. The number of hydrogen-bond donors (Lipinski definition) is 3. The van der Waals surface area contributed by atoms with Crippen LogP contribution >= 0.6 is 0 Å². The van der Waals surface area contributed by atoms with Gasteiger partial charge in [-0.2, -0.15) is 0 Å². The van der Waals surface area contributed by atoms with E-state index >= 15 is 0 Å². The second kappa shape index (κ2) is 32.7. The van der Waals surface area contributed by atoms with Gasteiger partial charge in [0, 0.05) is 58.9 Å². The molecular formula is C66H81N3O9. The lowest BCUT2D eigenvalue weighted by molar-refractivity contribution is 0.0769. The molecule has 0 radical (unpaired) electrons. The van der Waals surface area contributed by atoms with Crippen LogP contribution in [0.5, 0.6) is 34.5 Å². The van der Waals surface area contributed by atoms with Crippen LogP contribution in [0.2, 0.25) is 0 Å². The van der Waals surface area contributed by atoms with Crippen molar-refractivity contribution in [1.29, 1.82) is 0 Å². The third-order valence-corrected chi connectivity index (χ3v) is 13.8. The molecule has 78 heavy (non-hydrogen) atoms. The van der Waals surface area contributed by atoms with E-state index in [1.165, 1.54) is 16.7 Å². The van der Waals surface area contributed by atoms with E-state index in [4.69, 9.17) is 28.4 Å². The molecule has 3 heterocycles. The lowest BCUT2D eigenvalue weighted by Crippen LogP contribution is -2.34. The SMILES string of the molecule is COc1cccc(CCc2ccccc2OCC(O)CN2CC=CC2)c1.COc1cccc(CCc2ccccc2OC[C@@H](O)CN2CC=CC2)c1.COc1cccc(CCc2ccccc2OC[C@H](O)CN2CC=CC2)c1. The summed E-state index contributed by atoms with van der Waals surface area (Å²) in [6, 6.07) is 48.6. The molecule has 0 bridgehead atoms. The Labute approximate surface area is 463 Å². The van der Waals surface area contributed by atoms with E-state index in [0.717, 1.165) is 129 Å². The van der Waals surface area contributed by atoms with E-state index < -0.39 is 18.3 Å². The van der Waals surface area contributed by atoms with E-state index in [-0.39, 0.29) is 0 Å². The Morgan fingerprint density at radius 2 is 0.615 bits per heavy atom. The summed E-state index contributed by atoms with van der Waals surface area (Å²) >= 11 is 0. The van der Waals surface area contributed by atoms with Crippen LogP contribution < -0.4 is 28.4 Å². The topological polar surface area (TPSA) is 126 Å². The van der Waals surface area contributed by atoms with Crippen molar-refractivity contribution in [3.8, 4) is 34.5 Å². The molecule has 0 aliphatic carbocycles. The summed E-state index contributed by atoms with van der Waals surface area (Å²) in [5.41, 5.74) is 7.18. The van der Waals surface area contributed by atoms with Crippen LogP contribution in [-0.2, 0) is 38.5 Å². The van der Waals surface area contributed by atoms with Crippen LogP contribution in [0.3, 0.4) is 0 Å². The van der Waals surface area contributed by atoms with Gasteiger partial charge in [-0.3, -0.25) is 14.7 Å². The van der Waals surface area contributed by atoms with Crippen molar-refractivity contribution in [2.24, 2.45) is 0 Å². The Morgan fingerprint density at radius 1 is 0.346 bits per heavy atom. The molecule has 6 aromatic carbocycles. The number of rotatable bonds is 27. The van der Waals surface area contributed by atoms with Gasteiger partial charge < -0.3 is 43.7 Å². The van der Waals surface area contributed by atoms with E-state index in [0.29, 0.717) is 39.5 Å². The fourth-order valence-corrected chi connectivity index (χ4v) is 9.50. The van der Waals surface area contributed by atoms with Gasteiger partial charge in [-0.25, -0.2) is 0 Å². The monoisotopic (exact) mass is 1060 g/mol. The second-order valence-electron chi connectivity index (χ2n) is 19.8. The van der Waals surface area contributed by atoms with Crippen LogP contribution in [0, 0.1) is 0 Å². The molecule has 0 aromatic heterocycles. The number of aliphatic hydroxyl groups is 3. The van der Waals surface area contributed by atoms with Crippen molar-refractivity contribution in [3.63, 3.8) is 0 Å². The van der Waals surface area contributed by atoms with E-state index in [9.17, 15) is 15.3 Å². The molecule has 6 aromatic rings. The van der Waals surface area contributed by atoms with Gasteiger partial charge >= 0.3 is 0 Å². The molecule has 0 saturated heterocycles. The minimum Gasteiger partial charge on any atom is -0.497 e. The summed E-state index contributed by atoms with van der Waals surface area (Å²) < 4.78 is 33.6. The minimum absolute atomic E-state index is 0.312. The van der Waals surface area contributed by atoms with Gasteiger partial charge in [-0.1, -0.05) is 127 Å². The summed E-state index contributed by atoms with van der Waals surface area (Å²) in [7, 11) is 5.06. The molecule has 0 fully saturated rings. The van der Waals surface area contributed by atoms with Gasteiger partial charge in [-0.05, 0) is 127 Å². The van der Waals surface area contributed by atoms with Crippen LogP contribution in [0.15, 0.2) is 182 Å². The molecule has 1 unspecified atom stereocenters. The van der Waals surface area contributed by atoms with Gasteiger partial charge in [0.15, 0.2) is 0 Å². The van der Waals surface area contributed by atoms with E-state index in [1.807, 2.05) is 91.0 Å². The summed E-state index contributed by atoms with van der Waals surface area (Å²) in [6.07, 6.45) is 16.7. The summed E-state index contributed by atoms with van der Waals surface area (Å²) in [6.45, 7) is 8.32. The molecule has 0 saturated carbocycles. The first-order valence-electron chi connectivity index (χ1n) is 27.4. The number of methoxy groups -OCH3 is 3. The first kappa shape index (κ1) is 58.8. The zero-order valence-electron chi connectivity index (χ0n) is 45.9. The number of benzene rings is 6. The maximum Gasteiger partial charge on any atom is 0.122 e. The molecule has 9 rings (SSSR count). The van der Waals surface area contributed by atoms with Crippen molar-refractivity contribution in [2.75, 3.05) is 100 Å². The normalized spacial score (nSPS) is 15.2. The summed E-state index contributed by atoms with van der Waals surface area (Å²) in [5.74, 6) is 5.21. The Kier molecular flexibility index (Phi) is 24.7. The van der Waals surface area contributed by atoms with Crippen molar-refractivity contribution < 1.29 is 43.7 Å². The van der Waals surface area contributed by atoms with Gasteiger partial charge in [0.05, 0.1) is 21.3 Å². The fraction of sp³-hybridized carbons (Fsp3) is 0.364. The molecule has 3 aliphatic rings. The van der Waals surface area contributed by atoms with Gasteiger partial charge in [0.1, 0.15) is 72.6 Å². The number of aliphatic hydroxyl groups excluding tert-OH is 3. The Morgan fingerprint density at radius 3 is 0.885 bits per heavy atom. The van der Waals surface area contributed by atoms with E-state index in [2.05, 4.69) is 106 Å². The zero-order chi connectivity index (χ0) is 54.6. The molecule has 3 aliphatic heterocycles. The standard InChI is InChI=1S/3C22H27NO3/c3*1-25-21-9-6-7-18(15-21)11-12-19-8-2-3-10-22(19)26-17-20(24)16-23-13-4-5-14-23/h3*2-10,15,20,24H,11-14,16-17H2,1H3/t2*20-;/m10./s1. The highest BCUT2D eigenvalue weighted by Crippen LogP contribution is 2.25. The predicted molar refractivity (Wildman–Crippen MR) is 312 cm³/mol. The van der Waals surface area contributed by atoms with Gasteiger partial charge in [0.2, 0.25) is 0 Å². The van der Waals surface area contributed by atoms with Gasteiger partial charge in [-0.15, -0.1) is 0 Å². The molecule has 12 nitrogen and oxygen atoms in total. The maximum absolute atomic E-state index is 10.2. The number of hydrogen-bond acceptors (Lipinski definition) is 12. The van der Waals surface area contributed by atoms with Gasteiger partial charge in [0.25, 0.3) is 0 Å². The number of ether oxygens (including phenoxy) is 6. The van der Waals surface area contributed by atoms with Crippen LogP contribution in [0.1, 0.15) is 33.4 Å². The number of para-hydroxylation sites is 3. The number of aryl methyl sites for hydroxylation is 6. The van der Waals surface area contributed by atoms with Crippen LogP contribution in [0.4, 0.5) is 0 Å². The first-order chi connectivity index (χ1) is 38.2. The van der Waals surface area contributed by atoms with Crippen molar-refractivity contribution in [1.82, 2.24) is 14.7 Å². The largest absolute Gasteiger partial charge is 0.497 e. The maximum atomic E-state index is 10.2. The first-order valence-corrected chi connectivity index (χ1v) is 27.4. The average Bonchev–Trinajstić information content (AvgIpc) is 4.32. The highest BCUT2D eigenvalue weighted by Gasteiger charge is 2.17. The van der Waals surface area contributed by atoms with E-state index in [1.54, 1.807) is 21.3 Å². The average molecular weight is 1060 g/mol. The van der Waals surface area contributed by atoms with Crippen LogP contribution in [-0.4, -0.2) is 148 Å². The molecule has 3 N–H and O–H groups in total. The highest BCUT2D eigenvalue weighted by molar-refractivity contribution is 5.38. The minimum atomic E-state index is -0.485. The fourth-order valence-electron chi connectivity index (χ4n) is 9.50. The molecular weight excluding hydrogens is 979 g/mol. The summed E-state index contributed by atoms with van der Waals surface area (Å²) in [5, 5.41) is 30.7. The lowest BCUT2D eigenvalue weighted by Gasteiger charge is -2.20. The molecule has 0 amide bonds.